The molecule has 0 saturated carbocycles. The number of aliphatic hydroxyl groups excluding tert-OH is 2. The summed E-state index contributed by atoms with van der Waals surface area (Å²) in [5.41, 5.74) is -0.337. The van der Waals surface area contributed by atoms with Gasteiger partial charge in [0.2, 0.25) is 0 Å². The van der Waals surface area contributed by atoms with Gasteiger partial charge in [0, 0.05) is 40.7 Å². The van der Waals surface area contributed by atoms with Crippen LogP contribution in [0.5, 0.6) is 0 Å². The summed E-state index contributed by atoms with van der Waals surface area (Å²) in [6, 6.07) is 0. The zero-order chi connectivity index (χ0) is 17.0. The van der Waals surface area contributed by atoms with E-state index < -0.39 is 24.4 Å². The third-order valence-electron chi connectivity index (χ3n) is 3.83. The molecule has 1 amide bonds. The van der Waals surface area contributed by atoms with Crippen LogP contribution in [0.3, 0.4) is 0 Å². The first kappa shape index (κ1) is 18.3. The molecule has 2 N–H and O–H groups in total. The van der Waals surface area contributed by atoms with Gasteiger partial charge in [-0.1, -0.05) is 11.8 Å². The van der Waals surface area contributed by atoms with Gasteiger partial charge in [-0.2, -0.15) is 0 Å². The Morgan fingerprint density at radius 2 is 2.13 bits per heavy atom. The van der Waals surface area contributed by atoms with E-state index in [9.17, 15) is 15.0 Å². The van der Waals surface area contributed by atoms with E-state index in [1.807, 2.05) is 0 Å². The van der Waals surface area contributed by atoms with Crippen LogP contribution in [0, 0.1) is 0 Å². The monoisotopic (exact) mass is 347 g/mol. The van der Waals surface area contributed by atoms with Gasteiger partial charge >= 0.3 is 6.09 Å². The van der Waals surface area contributed by atoms with E-state index in [4.69, 9.17) is 9.47 Å². The van der Waals surface area contributed by atoms with Gasteiger partial charge in [0.15, 0.2) is 5.17 Å². The van der Waals surface area contributed by atoms with Crippen molar-refractivity contribution < 1.29 is 24.5 Å². The molecule has 0 unspecified atom stereocenters. The maximum Gasteiger partial charge on any atom is 0.409 e. The molecule has 9 heteroatoms. The van der Waals surface area contributed by atoms with Crippen LogP contribution in [0.4, 0.5) is 4.79 Å². The summed E-state index contributed by atoms with van der Waals surface area (Å²) in [6.45, 7) is 1.84. The molecule has 2 rings (SSSR count). The van der Waals surface area contributed by atoms with E-state index in [1.54, 1.807) is 21.1 Å². The van der Waals surface area contributed by atoms with Crippen molar-refractivity contribution in [3.63, 3.8) is 0 Å². The molecule has 4 atom stereocenters. The fourth-order valence-electron chi connectivity index (χ4n) is 2.31. The molecule has 2 saturated heterocycles. The van der Waals surface area contributed by atoms with Crippen LogP contribution in [0.15, 0.2) is 4.99 Å². The smallest absolute Gasteiger partial charge is 0.409 e. The van der Waals surface area contributed by atoms with Gasteiger partial charge in [-0.05, 0) is 6.42 Å². The summed E-state index contributed by atoms with van der Waals surface area (Å²) < 4.78 is 10.9. The first-order valence-electron chi connectivity index (χ1n) is 7.66. The number of aliphatic imine (C=N–C) groups is 1. The number of nitrogens with zero attached hydrogens (tertiary/aromatic N) is 3. The molecule has 0 spiro atoms. The lowest BCUT2D eigenvalue weighted by atomic mass is 10.0. The first-order chi connectivity index (χ1) is 10.9. The molecule has 0 aromatic carbocycles. The first-order valence-corrected chi connectivity index (χ1v) is 8.54. The lowest BCUT2D eigenvalue weighted by Crippen LogP contribution is -2.51. The molecule has 0 aromatic rings. The van der Waals surface area contributed by atoms with Crippen LogP contribution in [-0.4, -0.2) is 95.9 Å². The maximum atomic E-state index is 11.5. The zero-order valence-electron chi connectivity index (χ0n) is 13.7. The quantitative estimate of drug-likeness (QED) is 0.546. The van der Waals surface area contributed by atoms with Crippen molar-refractivity contribution in [2.45, 2.75) is 36.6 Å². The molecule has 8 nitrogen and oxygen atoms in total. The standard InChI is InChI=1S/C14H25N3O5S/c1-15-13(17-5-4-6-17)23-11-7-9(18)12(19)10(22-11)8-21-14(20)16(2)3/h9-12,18-19H,4-8H2,1-3H3/t9-,10-,11-,12+/m1/s1. The second-order valence-electron chi connectivity index (χ2n) is 5.83. The van der Waals surface area contributed by atoms with Gasteiger partial charge in [-0.3, -0.25) is 4.99 Å². The van der Waals surface area contributed by atoms with Crippen LogP contribution in [0.25, 0.3) is 0 Å². The highest BCUT2D eigenvalue weighted by molar-refractivity contribution is 8.14. The van der Waals surface area contributed by atoms with Gasteiger partial charge in [-0.15, -0.1) is 0 Å². The van der Waals surface area contributed by atoms with Crippen LogP contribution < -0.4 is 0 Å². The Bertz CT molecular complexity index is 444. The lowest BCUT2D eigenvalue weighted by Gasteiger charge is -2.39. The Balaban J connectivity index is 1.90. The van der Waals surface area contributed by atoms with Gasteiger partial charge in [0.1, 0.15) is 24.3 Å². The van der Waals surface area contributed by atoms with Crippen molar-refractivity contribution >= 4 is 23.0 Å². The average Bonchev–Trinajstić information content (AvgIpc) is 2.46. The van der Waals surface area contributed by atoms with Crippen molar-refractivity contribution in [1.29, 1.82) is 0 Å². The Morgan fingerprint density at radius 3 is 2.65 bits per heavy atom. The number of carbonyl (C=O) groups is 1. The number of amides is 1. The molecular formula is C14H25N3O5S. The van der Waals surface area contributed by atoms with E-state index >= 15 is 0 Å². The summed E-state index contributed by atoms with van der Waals surface area (Å²) in [5.74, 6) is 0. The lowest BCUT2D eigenvalue weighted by molar-refractivity contribution is -0.157. The number of thioether (sulfide) groups is 1. The third kappa shape index (κ3) is 4.72. The minimum Gasteiger partial charge on any atom is -0.447 e. The van der Waals surface area contributed by atoms with Crippen LogP contribution in [0.1, 0.15) is 12.8 Å². The summed E-state index contributed by atoms with van der Waals surface area (Å²) in [7, 11) is 4.88. The fourth-order valence-corrected chi connectivity index (χ4v) is 3.47. The summed E-state index contributed by atoms with van der Waals surface area (Å²) in [6.07, 6.45) is -1.81. The summed E-state index contributed by atoms with van der Waals surface area (Å²) in [4.78, 5) is 19.2. The van der Waals surface area contributed by atoms with Gasteiger partial charge in [-0.25, -0.2) is 4.79 Å². The predicted molar refractivity (Wildman–Crippen MR) is 87.5 cm³/mol. The minimum atomic E-state index is -1.08. The second kappa shape index (κ2) is 8.18. The highest BCUT2D eigenvalue weighted by Crippen LogP contribution is 2.31. The molecule has 0 radical (unpaired) electrons. The zero-order valence-corrected chi connectivity index (χ0v) is 14.5. The predicted octanol–water partition coefficient (Wildman–Crippen LogP) is -0.0539. The average molecular weight is 347 g/mol. The molecule has 23 heavy (non-hydrogen) atoms. The summed E-state index contributed by atoms with van der Waals surface area (Å²) in [5, 5.41) is 20.9. The molecular weight excluding hydrogens is 322 g/mol. The number of rotatable bonds is 3. The van der Waals surface area contributed by atoms with Crippen LogP contribution in [0.2, 0.25) is 0 Å². The van der Waals surface area contributed by atoms with Crippen LogP contribution in [-0.2, 0) is 9.47 Å². The summed E-state index contributed by atoms with van der Waals surface area (Å²) >= 11 is 1.43. The molecule has 0 aromatic heterocycles. The van der Waals surface area contributed by atoms with Crippen molar-refractivity contribution in [2.75, 3.05) is 40.8 Å². The van der Waals surface area contributed by atoms with E-state index in [0.29, 0.717) is 6.42 Å². The fraction of sp³-hybridized carbons (Fsp3) is 0.857. The maximum absolute atomic E-state index is 11.5. The van der Waals surface area contributed by atoms with E-state index in [-0.39, 0.29) is 12.0 Å². The van der Waals surface area contributed by atoms with Crippen molar-refractivity contribution in [2.24, 2.45) is 4.99 Å². The Labute approximate surface area is 140 Å². The van der Waals surface area contributed by atoms with Gasteiger partial charge < -0.3 is 29.5 Å². The van der Waals surface area contributed by atoms with Crippen molar-refractivity contribution in [1.82, 2.24) is 9.80 Å². The topological polar surface area (TPSA) is 94.8 Å². The molecule has 2 fully saturated rings. The van der Waals surface area contributed by atoms with Crippen LogP contribution >= 0.6 is 11.8 Å². The second-order valence-corrected chi connectivity index (χ2v) is 6.96. The highest BCUT2D eigenvalue weighted by atomic mass is 32.2. The van der Waals surface area contributed by atoms with Crippen molar-refractivity contribution in [3.8, 4) is 0 Å². The number of hydrogen-bond donors (Lipinski definition) is 2. The molecule has 0 aliphatic carbocycles. The molecule has 2 heterocycles. The van der Waals surface area contributed by atoms with E-state index in [0.717, 1.165) is 24.7 Å². The van der Waals surface area contributed by atoms with E-state index in [2.05, 4.69) is 9.89 Å². The Kier molecular flexibility index (Phi) is 6.51. The number of hydrogen-bond acceptors (Lipinski definition) is 7. The highest BCUT2D eigenvalue weighted by Gasteiger charge is 2.39. The number of likely N-dealkylation sites (tertiary alicyclic amines) is 1. The molecule has 2 aliphatic rings. The number of amidine groups is 1. The third-order valence-corrected chi connectivity index (χ3v) is 5.04. The molecule has 132 valence electrons. The van der Waals surface area contributed by atoms with Gasteiger partial charge in [0.05, 0.1) is 6.10 Å². The Morgan fingerprint density at radius 1 is 1.43 bits per heavy atom. The molecule has 2 aliphatic heterocycles. The van der Waals surface area contributed by atoms with Gasteiger partial charge in [0.25, 0.3) is 0 Å². The number of ether oxygens (including phenoxy) is 2. The van der Waals surface area contributed by atoms with Crippen molar-refractivity contribution in [3.05, 3.63) is 0 Å². The SMILES string of the molecule is CN=C(S[C@@H]1C[C@@H](O)[C@H](O)[C@@H](COC(=O)N(C)C)O1)N1CCC1. The number of carbonyl (C=O) groups excluding carboxylic acids is 1. The number of aliphatic hydroxyl groups is 2. The molecule has 0 bridgehead atoms. The largest absolute Gasteiger partial charge is 0.447 e. The Hall–Kier alpha value is -1.03. The normalized spacial score (nSPS) is 31.5. The van der Waals surface area contributed by atoms with E-state index in [1.165, 1.54) is 16.7 Å². The minimum absolute atomic E-state index is 0.103.